The van der Waals surface area contributed by atoms with Gasteiger partial charge in [-0.25, -0.2) is 0 Å². The standard InChI is InChI=1S/C16H33N3O2/c1-5-7-9-14-16(20)19(15(17-14)8-6-2)11-13-21-12-10-18(3)4/h14-15,17H,5-13H2,1-4H3. The van der Waals surface area contributed by atoms with Crippen LogP contribution in [0.25, 0.3) is 0 Å². The number of nitrogens with zero attached hydrogens (tertiary/aromatic N) is 2. The minimum absolute atomic E-state index is 0.0169. The van der Waals surface area contributed by atoms with Gasteiger partial charge in [0.1, 0.15) is 0 Å². The molecule has 1 amide bonds. The summed E-state index contributed by atoms with van der Waals surface area (Å²) in [7, 11) is 4.07. The molecule has 124 valence electrons. The Bertz CT molecular complexity index is 297. The summed E-state index contributed by atoms with van der Waals surface area (Å²) in [6.45, 7) is 7.30. The minimum Gasteiger partial charge on any atom is -0.378 e. The molecule has 1 fully saturated rings. The van der Waals surface area contributed by atoms with Gasteiger partial charge in [-0.05, 0) is 26.9 Å². The largest absolute Gasteiger partial charge is 0.378 e. The lowest BCUT2D eigenvalue weighted by Gasteiger charge is -2.23. The van der Waals surface area contributed by atoms with Crippen molar-refractivity contribution in [3.05, 3.63) is 0 Å². The maximum absolute atomic E-state index is 12.5. The fourth-order valence-corrected chi connectivity index (χ4v) is 2.65. The van der Waals surface area contributed by atoms with Crippen molar-refractivity contribution < 1.29 is 9.53 Å². The second kappa shape index (κ2) is 10.1. The SMILES string of the molecule is CCCCC1NC(CCC)N(CCOCCN(C)C)C1=O. The summed E-state index contributed by atoms with van der Waals surface area (Å²) in [6.07, 6.45) is 5.50. The highest BCUT2D eigenvalue weighted by Crippen LogP contribution is 2.18. The van der Waals surface area contributed by atoms with Crippen LogP contribution in [-0.2, 0) is 9.53 Å². The van der Waals surface area contributed by atoms with Gasteiger partial charge in [-0.15, -0.1) is 0 Å². The van der Waals surface area contributed by atoms with Crippen molar-refractivity contribution in [1.82, 2.24) is 15.1 Å². The van der Waals surface area contributed by atoms with Crippen LogP contribution >= 0.6 is 0 Å². The van der Waals surface area contributed by atoms with E-state index in [0.29, 0.717) is 13.2 Å². The Kier molecular flexibility index (Phi) is 8.88. The van der Waals surface area contributed by atoms with Crippen molar-refractivity contribution in [1.29, 1.82) is 0 Å². The van der Waals surface area contributed by atoms with Gasteiger partial charge in [0, 0.05) is 13.1 Å². The fraction of sp³-hybridized carbons (Fsp3) is 0.938. The van der Waals surface area contributed by atoms with Crippen LogP contribution in [0.5, 0.6) is 0 Å². The van der Waals surface area contributed by atoms with Crippen LogP contribution in [0.1, 0.15) is 46.0 Å². The zero-order chi connectivity index (χ0) is 15.7. The highest BCUT2D eigenvalue weighted by Gasteiger charge is 2.37. The molecule has 1 heterocycles. The first-order chi connectivity index (χ1) is 10.1. The Labute approximate surface area is 130 Å². The van der Waals surface area contributed by atoms with Crippen molar-refractivity contribution in [2.75, 3.05) is 40.4 Å². The monoisotopic (exact) mass is 299 g/mol. The van der Waals surface area contributed by atoms with Gasteiger partial charge in [0.25, 0.3) is 0 Å². The van der Waals surface area contributed by atoms with E-state index in [4.69, 9.17) is 4.74 Å². The molecule has 0 saturated carbocycles. The number of unbranched alkanes of at least 4 members (excludes halogenated alkanes) is 1. The molecule has 1 aliphatic heterocycles. The third kappa shape index (κ3) is 6.32. The first kappa shape index (κ1) is 18.4. The van der Waals surface area contributed by atoms with Crippen LogP contribution in [0.2, 0.25) is 0 Å². The van der Waals surface area contributed by atoms with E-state index in [1.807, 2.05) is 19.0 Å². The van der Waals surface area contributed by atoms with Gasteiger partial charge >= 0.3 is 0 Å². The molecule has 1 saturated heterocycles. The van der Waals surface area contributed by atoms with Gasteiger partial charge in [0.15, 0.2) is 0 Å². The van der Waals surface area contributed by atoms with Gasteiger partial charge in [-0.3, -0.25) is 10.1 Å². The summed E-state index contributed by atoms with van der Waals surface area (Å²) >= 11 is 0. The van der Waals surface area contributed by atoms with E-state index < -0.39 is 0 Å². The first-order valence-corrected chi connectivity index (χ1v) is 8.39. The van der Waals surface area contributed by atoms with Crippen molar-refractivity contribution in [3.8, 4) is 0 Å². The van der Waals surface area contributed by atoms with E-state index in [1.165, 1.54) is 0 Å². The number of rotatable bonds is 11. The average molecular weight is 299 g/mol. The molecule has 0 bridgehead atoms. The Balaban J connectivity index is 2.38. The smallest absolute Gasteiger partial charge is 0.241 e. The van der Waals surface area contributed by atoms with Crippen LogP contribution in [-0.4, -0.2) is 68.3 Å². The van der Waals surface area contributed by atoms with E-state index in [2.05, 4.69) is 24.1 Å². The predicted octanol–water partition coefficient (Wildman–Crippen LogP) is 1.68. The summed E-state index contributed by atoms with van der Waals surface area (Å²) in [5.74, 6) is 0.262. The maximum atomic E-state index is 12.5. The van der Waals surface area contributed by atoms with E-state index >= 15 is 0 Å². The number of carbonyl (C=O) groups excluding carboxylic acids is 1. The lowest BCUT2D eigenvalue weighted by molar-refractivity contribution is -0.131. The number of nitrogens with one attached hydrogen (secondary N) is 1. The summed E-state index contributed by atoms with van der Waals surface area (Å²) in [4.78, 5) is 16.6. The zero-order valence-corrected chi connectivity index (χ0v) is 14.2. The third-order valence-corrected chi connectivity index (χ3v) is 3.92. The number of hydrogen-bond donors (Lipinski definition) is 1. The molecule has 2 atom stereocenters. The van der Waals surface area contributed by atoms with Crippen molar-refractivity contribution in [3.63, 3.8) is 0 Å². The highest BCUT2D eigenvalue weighted by atomic mass is 16.5. The Morgan fingerprint density at radius 3 is 2.57 bits per heavy atom. The molecular formula is C16H33N3O2. The van der Waals surface area contributed by atoms with Crippen LogP contribution in [0, 0.1) is 0 Å². The van der Waals surface area contributed by atoms with E-state index in [-0.39, 0.29) is 18.1 Å². The molecule has 0 aromatic rings. The number of carbonyl (C=O) groups is 1. The van der Waals surface area contributed by atoms with Crippen molar-refractivity contribution >= 4 is 5.91 Å². The average Bonchev–Trinajstić information content (AvgIpc) is 2.73. The minimum atomic E-state index is 0.0169. The molecular weight excluding hydrogens is 266 g/mol. The Hall–Kier alpha value is -0.650. The molecule has 21 heavy (non-hydrogen) atoms. The Morgan fingerprint density at radius 1 is 1.19 bits per heavy atom. The summed E-state index contributed by atoms with van der Waals surface area (Å²) in [6, 6.07) is 0.0169. The molecule has 5 nitrogen and oxygen atoms in total. The first-order valence-electron chi connectivity index (χ1n) is 8.39. The van der Waals surface area contributed by atoms with Crippen molar-refractivity contribution in [2.45, 2.75) is 58.2 Å². The number of ether oxygens (including phenoxy) is 1. The van der Waals surface area contributed by atoms with Gasteiger partial charge in [0.05, 0.1) is 25.4 Å². The second-order valence-corrected chi connectivity index (χ2v) is 6.11. The quantitative estimate of drug-likeness (QED) is 0.590. The van der Waals surface area contributed by atoms with Gasteiger partial charge in [-0.2, -0.15) is 0 Å². The summed E-state index contributed by atoms with van der Waals surface area (Å²) in [5.41, 5.74) is 0. The Morgan fingerprint density at radius 2 is 1.95 bits per heavy atom. The molecule has 1 rings (SSSR count). The van der Waals surface area contributed by atoms with Crippen LogP contribution in [0.15, 0.2) is 0 Å². The maximum Gasteiger partial charge on any atom is 0.241 e. The molecule has 1 aliphatic rings. The fourth-order valence-electron chi connectivity index (χ4n) is 2.65. The predicted molar refractivity (Wildman–Crippen MR) is 86.2 cm³/mol. The van der Waals surface area contributed by atoms with Gasteiger partial charge in [-0.1, -0.05) is 33.1 Å². The van der Waals surface area contributed by atoms with Crippen LogP contribution < -0.4 is 5.32 Å². The number of likely N-dealkylation sites (N-methyl/N-ethyl adjacent to an activating group) is 1. The van der Waals surface area contributed by atoms with Crippen molar-refractivity contribution in [2.24, 2.45) is 0 Å². The molecule has 0 aromatic heterocycles. The zero-order valence-electron chi connectivity index (χ0n) is 14.2. The van der Waals surface area contributed by atoms with Gasteiger partial charge in [0.2, 0.25) is 5.91 Å². The third-order valence-electron chi connectivity index (χ3n) is 3.92. The molecule has 0 radical (unpaired) electrons. The lowest BCUT2D eigenvalue weighted by Crippen LogP contribution is -2.39. The highest BCUT2D eigenvalue weighted by molar-refractivity contribution is 5.84. The molecule has 0 aromatic carbocycles. The lowest BCUT2D eigenvalue weighted by atomic mass is 10.1. The number of hydrogen-bond acceptors (Lipinski definition) is 4. The molecule has 0 aliphatic carbocycles. The van der Waals surface area contributed by atoms with E-state index in [1.54, 1.807) is 0 Å². The van der Waals surface area contributed by atoms with Crippen LogP contribution in [0.3, 0.4) is 0 Å². The molecule has 1 N–H and O–H groups in total. The molecule has 2 unspecified atom stereocenters. The normalized spacial score (nSPS) is 22.5. The molecule has 5 heteroatoms. The summed E-state index contributed by atoms with van der Waals surface area (Å²) in [5, 5.41) is 3.50. The van der Waals surface area contributed by atoms with Crippen LogP contribution in [0.4, 0.5) is 0 Å². The van der Waals surface area contributed by atoms with Gasteiger partial charge < -0.3 is 14.5 Å². The topological polar surface area (TPSA) is 44.8 Å². The summed E-state index contributed by atoms with van der Waals surface area (Å²) < 4.78 is 5.63. The number of amides is 1. The molecule has 0 spiro atoms. The van der Waals surface area contributed by atoms with E-state index in [9.17, 15) is 4.79 Å². The second-order valence-electron chi connectivity index (χ2n) is 6.11. The van der Waals surface area contributed by atoms with E-state index in [0.717, 1.165) is 45.3 Å².